The maximum atomic E-state index is 13.7. The molecular formula is C29H29N5O3. The zero-order chi connectivity index (χ0) is 26.1. The third-order valence-corrected chi connectivity index (χ3v) is 6.79. The molecule has 0 aliphatic rings. The van der Waals surface area contributed by atoms with E-state index in [1.165, 1.54) is 13.6 Å². The summed E-state index contributed by atoms with van der Waals surface area (Å²) in [6, 6.07) is 22.2. The smallest absolute Gasteiger partial charge is 0.350 e. The molecule has 0 aliphatic carbocycles. The molecule has 188 valence electrons. The van der Waals surface area contributed by atoms with Crippen LogP contribution in [0.15, 0.2) is 82.4 Å². The molecule has 3 aromatic carbocycles. The molecule has 0 aliphatic heterocycles. The highest BCUT2D eigenvalue weighted by atomic mass is 16.2. The number of carbonyl (C=O) groups is 1. The number of nitrogens with one attached hydrogen (secondary N) is 1. The monoisotopic (exact) mass is 495 g/mol. The highest BCUT2D eigenvalue weighted by molar-refractivity contribution is 5.98. The Bertz CT molecular complexity index is 1730. The van der Waals surface area contributed by atoms with Gasteiger partial charge in [-0.15, -0.1) is 5.10 Å². The van der Waals surface area contributed by atoms with Gasteiger partial charge in [0.05, 0.1) is 24.0 Å². The molecule has 0 unspecified atom stereocenters. The molecule has 0 spiro atoms. The second-order valence-corrected chi connectivity index (χ2v) is 9.39. The lowest BCUT2D eigenvalue weighted by Gasteiger charge is -2.13. The first-order valence-corrected chi connectivity index (χ1v) is 12.4. The lowest BCUT2D eigenvalue weighted by molar-refractivity contribution is 0.0939. The quantitative estimate of drug-likeness (QED) is 0.372. The molecule has 8 heteroatoms. The summed E-state index contributed by atoms with van der Waals surface area (Å²) in [6.07, 6.45) is 0.791. The maximum absolute atomic E-state index is 13.7. The third kappa shape index (κ3) is 4.58. The summed E-state index contributed by atoms with van der Waals surface area (Å²) < 4.78 is 4.34. The molecule has 0 fully saturated rings. The molecule has 1 N–H and O–H groups in total. The van der Waals surface area contributed by atoms with E-state index < -0.39 is 0 Å². The molecule has 1 amide bonds. The Morgan fingerprint density at radius 2 is 1.70 bits per heavy atom. The highest BCUT2D eigenvalue weighted by Gasteiger charge is 2.20. The molecule has 2 aromatic heterocycles. The Labute approximate surface area is 213 Å². The van der Waals surface area contributed by atoms with Gasteiger partial charge in [0.25, 0.3) is 11.5 Å². The lowest BCUT2D eigenvalue weighted by atomic mass is 10.1. The van der Waals surface area contributed by atoms with Crippen molar-refractivity contribution in [2.75, 3.05) is 0 Å². The molecule has 5 aromatic rings. The molecular weight excluding hydrogens is 466 g/mol. The highest BCUT2D eigenvalue weighted by Crippen LogP contribution is 2.16. The van der Waals surface area contributed by atoms with Gasteiger partial charge in [-0.1, -0.05) is 61.5 Å². The van der Waals surface area contributed by atoms with Crippen LogP contribution in [-0.2, 0) is 13.1 Å². The minimum Gasteiger partial charge on any atom is -0.350 e. The van der Waals surface area contributed by atoms with Gasteiger partial charge >= 0.3 is 5.69 Å². The van der Waals surface area contributed by atoms with E-state index in [0.717, 1.165) is 23.1 Å². The van der Waals surface area contributed by atoms with E-state index >= 15 is 0 Å². The van der Waals surface area contributed by atoms with E-state index in [0.29, 0.717) is 16.5 Å². The SMILES string of the molecule is CC[C@H](C)NC(=O)c1ccc2c(=O)n(Cc3ccccc3)c3nn(Cc4ccccc4C)c(=O)n3c2c1. The predicted octanol–water partition coefficient (Wildman–Crippen LogP) is 3.74. The maximum Gasteiger partial charge on any atom is 0.352 e. The predicted molar refractivity (Wildman–Crippen MR) is 144 cm³/mol. The van der Waals surface area contributed by atoms with Crippen LogP contribution in [0, 0.1) is 6.92 Å². The van der Waals surface area contributed by atoms with Crippen LogP contribution in [0.1, 0.15) is 47.3 Å². The van der Waals surface area contributed by atoms with Gasteiger partial charge in [0, 0.05) is 11.6 Å². The number of fused-ring (bicyclic) bond motifs is 3. The van der Waals surface area contributed by atoms with E-state index in [1.807, 2.05) is 75.4 Å². The first-order valence-electron chi connectivity index (χ1n) is 12.4. The van der Waals surface area contributed by atoms with Crippen molar-refractivity contribution in [3.05, 3.63) is 116 Å². The van der Waals surface area contributed by atoms with Gasteiger partial charge in [-0.05, 0) is 55.2 Å². The van der Waals surface area contributed by atoms with Crippen molar-refractivity contribution in [3.8, 4) is 0 Å². The minimum absolute atomic E-state index is 0.00155. The van der Waals surface area contributed by atoms with Crippen molar-refractivity contribution in [2.24, 2.45) is 0 Å². The van der Waals surface area contributed by atoms with Crippen LogP contribution in [0.25, 0.3) is 16.7 Å². The van der Waals surface area contributed by atoms with Crippen molar-refractivity contribution in [3.63, 3.8) is 0 Å². The average Bonchev–Trinajstić information content (AvgIpc) is 3.23. The summed E-state index contributed by atoms with van der Waals surface area (Å²) in [4.78, 5) is 40.3. The van der Waals surface area contributed by atoms with Gasteiger partial charge in [-0.3, -0.25) is 14.2 Å². The molecule has 0 saturated heterocycles. The van der Waals surface area contributed by atoms with Crippen molar-refractivity contribution >= 4 is 22.6 Å². The Balaban J connectivity index is 1.74. The second kappa shape index (κ2) is 9.89. The molecule has 0 radical (unpaired) electrons. The van der Waals surface area contributed by atoms with Crippen molar-refractivity contribution in [1.82, 2.24) is 24.1 Å². The number of rotatable bonds is 7. The van der Waals surface area contributed by atoms with Gasteiger partial charge in [0.15, 0.2) is 0 Å². The Morgan fingerprint density at radius 3 is 2.43 bits per heavy atom. The fourth-order valence-electron chi connectivity index (χ4n) is 4.43. The van der Waals surface area contributed by atoms with Crippen LogP contribution >= 0.6 is 0 Å². The largest absolute Gasteiger partial charge is 0.352 e. The number of amides is 1. The first-order chi connectivity index (χ1) is 17.9. The lowest BCUT2D eigenvalue weighted by Crippen LogP contribution is -2.32. The van der Waals surface area contributed by atoms with Gasteiger partial charge < -0.3 is 5.32 Å². The molecule has 8 nitrogen and oxygen atoms in total. The summed E-state index contributed by atoms with van der Waals surface area (Å²) in [5, 5.41) is 7.92. The van der Waals surface area contributed by atoms with Crippen molar-refractivity contribution in [1.29, 1.82) is 0 Å². The number of hydrogen-bond acceptors (Lipinski definition) is 4. The fraction of sp³-hybridized carbons (Fsp3) is 0.241. The van der Waals surface area contributed by atoms with Gasteiger partial charge in [0.1, 0.15) is 0 Å². The molecule has 0 bridgehead atoms. The van der Waals surface area contributed by atoms with Crippen molar-refractivity contribution in [2.45, 2.75) is 46.3 Å². The number of nitrogens with zero attached hydrogens (tertiary/aromatic N) is 4. The summed E-state index contributed by atoms with van der Waals surface area (Å²) in [5.41, 5.74) is 3.02. The normalized spacial score (nSPS) is 12.2. The first kappa shape index (κ1) is 24.2. The molecule has 1 atom stereocenters. The van der Waals surface area contributed by atoms with E-state index in [4.69, 9.17) is 0 Å². The average molecular weight is 496 g/mol. The molecule has 5 rings (SSSR count). The summed E-state index contributed by atoms with van der Waals surface area (Å²) in [7, 11) is 0. The Morgan fingerprint density at radius 1 is 0.973 bits per heavy atom. The topological polar surface area (TPSA) is 90.4 Å². The molecule has 2 heterocycles. The van der Waals surface area contributed by atoms with Crippen LogP contribution in [0.2, 0.25) is 0 Å². The van der Waals surface area contributed by atoms with E-state index in [9.17, 15) is 14.4 Å². The number of hydrogen-bond donors (Lipinski definition) is 1. The summed E-state index contributed by atoms with van der Waals surface area (Å²) in [5.74, 6) is -0.0161. The van der Waals surface area contributed by atoms with Crippen molar-refractivity contribution < 1.29 is 4.79 Å². The summed E-state index contributed by atoms with van der Waals surface area (Å²) >= 11 is 0. The van der Waals surface area contributed by atoms with Crippen LogP contribution in [-0.4, -0.2) is 30.7 Å². The van der Waals surface area contributed by atoms with Crippen LogP contribution in [0.3, 0.4) is 0 Å². The van der Waals surface area contributed by atoms with Gasteiger partial charge in [0.2, 0.25) is 5.78 Å². The van der Waals surface area contributed by atoms with Gasteiger partial charge in [-0.2, -0.15) is 0 Å². The number of aromatic nitrogens is 4. The fourth-order valence-corrected chi connectivity index (χ4v) is 4.43. The van der Waals surface area contributed by atoms with Crippen LogP contribution in [0.5, 0.6) is 0 Å². The Kier molecular flexibility index (Phi) is 6.48. The molecule has 37 heavy (non-hydrogen) atoms. The van der Waals surface area contributed by atoms with Crippen LogP contribution < -0.4 is 16.6 Å². The number of aryl methyl sites for hydroxylation is 1. The van der Waals surface area contributed by atoms with E-state index in [-0.39, 0.29) is 42.1 Å². The van der Waals surface area contributed by atoms with E-state index in [1.54, 1.807) is 18.2 Å². The number of carbonyl (C=O) groups excluding carboxylic acids is 1. The van der Waals surface area contributed by atoms with Gasteiger partial charge in [-0.25, -0.2) is 13.9 Å². The Hall–Kier alpha value is -4.46. The minimum atomic E-state index is -0.371. The van der Waals surface area contributed by atoms with E-state index in [2.05, 4.69) is 10.4 Å². The molecule has 0 saturated carbocycles. The third-order valence-electron chi connectivity index (χ3n) is 6.79. The summed E-state index contributed by atoms with van der Waals surface area (Å²) in [6.45, 7) is 6.43. The van der Waals surface area contributed by atoms with Crippen LogP contribution in [0.4, 0.5) is 0 Å². The zero-order valence-electron chi connectivity index (χ0n) is 21.1. The number of benzene rings is 3. The zero-order valence-corrected chi connectivity index (χ0v) is 21.1. The second-order valence-electron chi connectivity index (χ2n) is 9.39. The standard InChI is InChI=1S/C29H29N5O3/c1-4-20(3)30-26(35)22-14-15-24-25(16-22)34-28(32(27(24)36)17-21-11-6-5-7-12-21)31-33(29(34)37)18-23-13-9-8-10-19(23)2/h5-16,20H,4,17-18H2,1-3H3,(H,30,35)/t20-/m0/s1.